The molecule has 0 aromatic heterocycles. The molecule has 6 rings (SSSR count). The fourth-order valence-corrected chi connectivity index (χ4v) is 22.6. The third kappa shape index (κ3) is 50.0. The highest BCUT2D eigenvalue weighted by Crippen LogP contribution is 2.54. The molecule has 0 bridgehead atoms. The Labute approximate surface area is 842 Å². The van der Waals surface area contributed by atoms with Gasteiger partial charge in [-0.3, -0.25) is 4.52 Å². The number of rotatable bonds is 83. The molecule has 0 aliphatic heterocycles. The largest absolute Gasteiger partial charge is 0.530 e. The van der Waals surface area contributed by atoms with E-state index in [-0.39, 0.29) is 28.1 Å². The van der Waals surface area contributed by atoms with Gasteiger partial charge in [0, 0.05) is 22.6 Å². The second-order valence-corrected chi connectivity index (χ2v) is 47.1. The fourth-order valence-electron chi connectivity index (χ4n) is 19.4. The normalized spacial score (nSPS) is 12.8. The van der Waals surface area contributed by atoms with Crippen LogP contribution in [0.4, 0.5) is 0 Å². The van der Waals surface area contributed by atoms with Crippen LogP contribution in [-0.4, -0.2) is 19.8 Å². The maximum atomic E-state index is 7.51. The average molecular weight is 1930 g/mol. The fraction of sp³-hybridized carbons (Fsp3) is 0.710. The number of benzene rings is 6. The summed E-state index contributed by atoms with van der Waals surface area (Å²) in [6, 6.07) is 40.5. The van der Waals surface area contributed by atoms with Gasteiger partial charge in [0.15, 0.2) is 0 Å². The average Bonchev–Trinajstić information content (AvgIpc) is 0.759. The second-order valence-electron chi connectivity index (χ2n) is 43.9. The summed E-state index contributed by atoms with van der Waals surface area (Å²) in [4.78, 5) is 0. The molecule has 0 heterocycles. The van der Waals surface area contributed by atoms with Crippen molar-refractivity contribution < 1.29 is 40.7 Å². The van der Waals surface area contributed by atoms with Gasteiger partial charge in [0.05, 0.1) is 19.8 Å². The Balaban J connectivity index is 1.46. The van der Waals surface area contributed by atoms with Crippen molar-refractivity contribution in [1.82, 2.24) is 0 Å². The maximum Gasteiger partial charge on any atom is 0.530 e. The lowest BCUT2D eigenvalue weighted by atomic mass is 9.74. The first-order chi connectivity index (χ1) is 65.9. The van der Waals surface area contributed by atoms with E-state index in [1.165, 1.54) is 358 Å². The highest BCUT2D eigenvalue weighted by molar-refractivity contribution is 7.43. The van der Waals surface area contributed by atoms with Crippen LogP contribution in [0.25, 0.3) is 0 Å². The number of aryl methyl sites for hydroxylation is 6. The molecular weight excluding hydrogens is 1730 g/mol. The quantitative estimate of drug-likeness (QED) is 0.0274. The molecule has 0 radical (unpaired) electrons. The van der Waals surface area contributed by atoms with Crippen molar-refractivity contribution in [2.45, 2.75) is 551 Å². The SMILES string of the molecule is CCCCCCCCCCCCCCOP(OCCCCCCCCCCCCCC)Oc1cc(C)c(C(CC(C)c2cc(C(C)(C)C)c(OP(Oc3ccccc3CCCCCCCCC)Oc3ccccc3CCCCCCCCC)cc2C)c2cc(C(C)(C)C)c(OP(OCCCCCCCCCCCCCC)Oc3ccccc3CCCCCCCCC)cc2C)cc1C(C)(C)C. The molecular formula is C124H205O9P3. The number of hydrogen-bond donors (Lipinski definition) is 0. The summed E-state index contributed by atoms with van der Waals surface area (Å²) in [5.74, 6) is 5.02. The minimum Gasteiger partial charge on any atom is -0.426 e. The molecule has 6 aromatic carbocycles. The number of hydrogen-bond acceptors (Lipinski definition) is 9. The molecule has 3 atom stereocenters. The summed E-state index contributed by atoms with van der Waals surface area (Å²) in [5.41, 5.74) is 13.5. The van der Waals surface area contributed by atoms with Crippen LogP contribution < -0.4 is 27.1 Å². The van der Waals surface area contributed by atoms with Crippen LogP contribution in [0.1, 0.15) is 562 Å². The summed E-state index contributed by atoms with van der Waals surface area (Å²) in [6.07, 6.45) is 76.6. The summed E-state index contributed by atoms with van der Waals surface area (Å²) in [7, 11) is -5.57. The van der Waals surface area contributed by atoms with Gasteiger partial charge in [0.1, 0.15) is 34.5 Å². The first-order valence-electron chi connectivity index (χ1n) is 57.0. The topological polar surface area (TPSA) is 83.1 Å². The molecule has 0 saturated heterocycles. The van der Waals surface area contributed by atoms with Crippen LogP contribution in [0.5, 0.6) is 34.5 Å². The molecule has 6 aromatic rings. The zero-order chi connectivity index (χ0) is 98.1. The van der Waals surface area contributed by atoms with Crippen LogP contribution in [-0.2, 0) is 49.1 Å². The summed E-state index contributed by atoms with van der Waals surface area (Å²) >= 11 is 0. The van der Waals surface area contributed by atoms with Gasteiger partial charge >= 0.3 is 25.8 Å². The van der Waals surface area contributed by atoms with Crippen molar-refractivity contribution in [3.05, 3.63) is 176 Å². The van der Waals surface area contributed by atoms with Crippen molar-refractivity contribution in [2.75, 3.05) is 19.8 Å². The van der Waals surface area contributed by atoms with Gasteiger partial charge < -0.3 is 36.2 Å². The number of para-hydroxylation sites is 3. The van der Waals surface area contributed by atoms with Gasteiger partial charge in [0.2, 0.25) is 0 Å². The maximum absolute atomic E-state index is 7.51. The monoisotopic (exact) mass is 1930 g/mol. The Hall–Kier alpha value is -4.71. The first-order valence-corrected chi connectivity index (χ1v) is 60.3. The molecule has 0 saturated carbocycles. The van der Waals surface area contributed by atoms with E-state index in [1.807, 2.05) is 0 Å². The predicted molar refractivity (Wildman–Crippen MR) is 595 cm³/mol. The number of unbranched alkanes of at least 4 members (excludes halogenated alkanes) is 51. The van der Waals surface area contributed by atoms with Crippen molar-refractivity contribution >= 4 is 25.8 Å². The van der Waals surface area contributed by atoms with E-state index in [0.717, 1.165) is 135 Å². The van der Waals surface area contributed by atoms with Crippen molar-refractivity contribution in [2.24, 2.45) is 0 Å². The van der Waals surface area contributed by atoms with E-state index in [0.29, 0.717) is 19.8 Å². The molecule has 770 valence electrons. The summed E-state index contributed by atoms with van der Waals surface area (Å²) in [6.45, 7) is 46.2. The van der Waals surface area contributed by atoms with Gasteiger partial charge in [-0.2, -0.15) is 0 Å². The lowest BCUT2D eigenvalue weighted by Gasteiger charge is -2.33. The standard InChI is InChI=1S/C124H205O9P3/c1-20-26-32-38-44-47-50-53-56-62-68-80-92-125-134(126-93-81-69-63-57-54-51-48-45-39-33-27-21-2)131-119-97-104(9)110(100-114(119)123(14,15)16)112(111-101-115(124(17,18)19)120(98-105(111)10)132-135(127-94-82-70-64-58-55-52-49-46-40-34-28-22-3)128-116-89-77-74-86-106(116)83-71-65-59-41-35-29-23-4)95-102(7)109-99-113(122(11,12)13)121(96-103(109)8)133-136(129-117-90-78-75-87-107(117)84-72-66-60-42-36-30-24-5)130-118-91-79-76-88-108(118)85-73-67-61-43-37-31-25-6/h74-79,86-91,96-102,112H,20-73,80-85,92-95H2,1-19H3. The van der Waals surface area contributed by atoms with E-state index in [1.54, 1.807) is 0 Å². The van der Waals surface area contributed by atoms with Gasteiger partial charge in [-0.05, 0) is 194 Å². The van der Waals surface area contributed by atoms with Crippen molar-refractivity contribution in [3.8, 4) is 34.5 Å². The predicted octanol–water partition coefficient (Wildman–Crippen LogP) is 42.9. The van der Waals surface area contributed by atoms with Crippen LogP contribution >= 0.6 is 25.8 Å². The minimum atomic E-state index is -2.01. The molecule has 0 aliphatic rings. The third-order valence-electron chi connectivity index (χ3n) is 28.1. The summed E-state index contributed by atoms with van der Waals surface area (Å²) in [5, 5.41) is 0. The zero-order valence-corrected chi connectivity index (χ0v) is 94.0. The molecule has 0 N–H and O–H groups in total. The van der Waals surface area contributed by atoms with E-state index in [9.17, 15) is 0 Å². The lowest BCUT2D eigenvalue weighted by Crippen LogP contribution is -2.19. The summed E-state index contributed by atoms with van der Waals surface area (Å²) < 4.78 is 64.9. The zero-order valence-electron chi connectivity index (χ0n) is 91.3. The first kappa shape index (κ1) is 120. The molecule has 9 nitrogen and oxygen atoms in total. The van der Waals surface area contributed by atoms with E-state index < -0.39 is 25.8 Å². The Morgan fingerprint density at radius 1 is 0.228 bits per heavy atom. The third-order valence-corrected chi connectivity index (χ3v) is 31.3. The van der Waals surface area contributed by atoms with Crippen LogP contribution in [0.15, 0.2) is 109 Å². The van der Waals surface area contributed by atoms with Crippen LogP contribution in [0, 0.1) is 20.8 Å². The Morgan fingerprint density at radius 3 is 0.706 bits per heavy atom. The van der Waals surface area contributed by atoms with E-state index in [4.69, 9.17) is 40.7 Å². The van der Waals surface area contributed by atoms with Crippen LogP contribution in [0.3, 0.4) is 0 Å². The smallest absolute Gasteiger partial charge is 0.426 e. The Morgan fingerprint density at radius 2 is 0.434 bits per heavy atom. The molecule has 136 heavy (non-hydrogen) atoms. The molecule has 0 aliphatic carbocycles. The highest BCUT2D eigenvalue weighted by atomic mass is 31.2. The van der Waals surface area contributed by atoms with Gasteiger partial charge in [-0.25, -0.2) is 0 Å². The minimum absolute atomic E-state index is 0.0689. The molecule has 0 amide bonds. The molecule has 0 spiro atoms. The Bertz CT molecular complexity index is 3910. The van der Waals surface area contributed by atoms with Gasteiger partial charge in [-0.1, -0.05) is 511 Å². The van der Waals surface area contributed by atoms with E-state index in [2.05, 4.69) is 241 Å². The molecule has 12 heteroatoms. The lowest BCUT2D eigenvalue weighted by molar-refractivity contribution is 0.197. The second kappa shape index (κ2) is 72.5. The molecule has 0 fully saturated rings. The van der Waals surface area contributed by atoms with Gasteiger partial charge in [0.25, 0.3) is 0 Å². The van der Waals surface area contributed by atoms with Crippen LogP contribution in [0.2, 0.25) is 0 Å². The van der Waals surface area contributed by atoms with Gasteiger partial charge in [-0.15, -0.1) is 0 Å². The highest BCUT2D eigenvalue weighted by Gasteiger charge is 2.35. The molecule has 3 unspecified atom stereocenters. The van der Waals surface area contributed by atoms with E-state index >= 15 is 0 Å². The Kier molecular flexibility index (Phi) is 64.0. The van der Waals surface area contributed by atoms with Crippen molar-refractivity contribution in [1.29, 1.82) is 0 Å². The van der Waals surface area contributed by atoms with Crippen molar-refractivity contribution in [3.63, 3.8) is 0 Å².